The second-order valence-electron chi connectivity index (χ2n) is 3.60. The summed E-state index contributed by atoms with van der Waals surface area (Å²) in [5.41, 5.74) is -0.304. The highest BCUT2D eigenvalue weighted by molar-refractivity contribution is 5.87. The summed E-state index contributed by atoms with van der Waals surface area (Å²) in [7, 11) is 0. The quantitative estimate of drug-likeness (QED) is 0.639. The molecule has 1 rings (SSSR count). The molecule has 0 bridgehead atoms. The minimum atomic E-state index is -1.21. The van der Waals surface area contributed by atoms with Crippen molar-refractivity contribution in [2.24, 2.45) is 0 Å². The molecule has 0 aliphatic heterocycles. The lowest BCUT2D eigenvalue weighted by Gasteiger charge is -2.26. The van der Waals surface area contributed by atoms with E-state index in [2.05, 4.69) is 0 Å². The summed E-state index contributed by atoms with van der Waals surface area (Å²) in [6.07, 6.45) is 6.14. The van der Waals surface area contributed by atoms with Gasteiger partial charge in [-0.3, -0.25) is 4.79 Å². The predicted molar refractivity (Wildman–Crippen MR) is 47.9 cm³/mol. The Labute approximate surface area is 73.3 Å². The molecule has 2 heteroatoms. The number of carbonyl (C=O) groups excluding carboxylic acids is 1. The summed E-state index contributed by atoms with van der Waals surface area (Å²) >= 11 is 0. The molecule has 0 saturated heterocycles. The van der Waals surface area contributed by atoms with Crippen LogP contribution in [0.2, 0.25) is 0 Å². The second kappa shape index (κ2) is 3.40. The van der Waals surface area contributed by atoms with Crippen LogP contribution in [-0.2, 0) is 4.79 Å². The van der Waals surface area contributed by atoms with Crippen molar-refractivity contribution in [3.63, 3.8) is 0 Å². The predicted octanol–water partition coefficient (Wildman–Crippen LogP) is 1.83. The topological polar surface area (TPSA) is 37.3 Å². The number of allylic oxidation sites excluding steroid dienone is 1. The Bertz CT molecular complexity index is 214. The molecule has 0 heterocycles. The average molecular weight is 168 g/mol. The summed E-state index contributed by atoms with van der Waals surface area (Å²) in [6.45, 7) is 3.03. The highest BCUT2D eigenvalue weighted by Crippen LogP contribution is 2.27. The van der Waals surface area contributed by atoms with Crippen LogP contribution in [0.1, 0.15) is 39.5 Å². The molecule has 1 unspecified atom stereocenters. The first-order valence-electron chi connectivity index (χ1n) is 4.48. The molecule has 0 aromatic rings. The number of Topliss-reactive ketones (excluding diaryl/α,β-unsaturated/α-hetero) is 1. The van der Waals surface area contributed by atoms with Gasteiger partial charge in [-0.25, -0.2) is 0 Å². The van der Waals surface area contributed by atoms with Gasteiger partial charge >= 0.3 is 0 Å². The molecule has 0 aromatic heterocycles. The van der Waals surface area contributed by atoms with Gasteiger partial charge in [-0.2, -0.15) is 0 Å². The molecule has 0 aromatic carbocycles. The maximum absolute atomic E-state index is 11.1. The van der Waals surface area contributed by atoms with Crippen molar-refractivity contribution < 1.29 is 9.90 Å². The lowest BCUT2D eigenvalue weighted by Crippen LogP contribution is -2.35. The SMILES string of the molecule is CC(=O)C(C)(O)C1=CCCCC1. The highest BCUT2D eigenvalue weighted by Gasteiger charge is 2.31. The van der Waals surface area contributed by atoms with Crippen LogP contribution in [0.15, 0.2) is 11.6 Å². The fourth-order valence-electron chi connectivity index (χ4n) is 1.51. The molecule has 0 spiro atoms. The van der Waals surface area contributed by atoms with Crippen LogP contribution in [0, 0.1) is 0 Å². The molecule has 1 atom stereocenters. The molecule has 1 N–H and O–H groups in total. The van der Waals surface area contributed by atoms with E-state index in [0.717, 1.165) is 24.8 Å². The minimum Gasteiger partial charge on any atom is -0.378 e. The first-order chi connectivity index (χ1) is 5.55. The Morgan fingerprint density at radius 3 is 2.67 bits per heavy atom. The van der Waals surface area contributed by atoms with E-state index in [1.165, 1.54) is 13.3 Å². The largest absolute Gasteiger partial charge is 0.378 e. The zero-order valence-electron chi connectivity index (χ0n) is 7.76. The minimum absolute atomic E-state index is 0.157. The molecule has 68 valence electrons. The lowest BCUT2D eigenvalue weighted by molar-refractivity contribution is -0.130. The summed E-state index contributed by atoms with van der Waals surface area (Å²) in [6, 6.07) is 0. The van der Waals surface area contributed by atoms with Gasteiger partial charge in [0.2, 0.25) is 0 Å². The zero-order valence-corrected chi connectivity index (χ0v) is 7.76. The number of rotatable bonds is 2. The smallest absolute Gasteiger partial charge is 0.165 e. The van der Waals surface area contributed by atoms with Gasteiger partial charge in [0, 0.05) is 0 Å². The molecule has 12 heavy (non-hydrogen) atoms. The van der Waals surface area contributed by atoms with Gasteiger partial charge < -0.3 is 5.11 Å². The summed E-state index contributed by atoms with van der Waals surface area (Å²) in [4.78, 5) is 11.1. The standard InChI is InChI=1S/C10H16O2/c1-8(11)10(2,12)9-6-4-3-5-7-9/h6,12H,3-5,7H2,1-2H3. The maximum Gasteiger partial charge on any atom is 0.165 e. The zero-order chi connectivity index (χ0) is 9.19. The first kappa shape index (κ1) is 9.46. The van der Waals surface area contributed by atoms with Crippen molar-refractivity contribution in [3.05, 3.63) is 11.6 Å². The van der Waals surface area contributed by atoms with E-state index in [1.54, 1.807) is 6.92 Å². The van der Waals surface area contributed by atoms with Crippen molar-refractivity contribution in [1.82, 2.24) is 0 Å². The van der Waals surface area contributed by atoms with Gasteiger partial charge in [0.25, 0.3) is 0 Å². The van der Waals surface area contributed by atoms with E-state index in [-0.39, 0.29) is 5.78 Å². The fourth-order valence-corrected chi connectivity index (χ4v) is 1.51. The van der Waals surface area contributed by atoms with Crippen LogP contribution in [0.4, 0.5) is 0 Å². The average Bonchev–Trinajstić information content (AvgIpc) is 2.06. The Hall–Kier alpha value is -0.630. The number of ketones is 1. The summed E-state index contributed by atoms with van der Waals surface area (Å²) in [5.74, 6) is -0.157. The molecule has 1 aliphatic rings. The van der Waals surface area contributed by atoms with E-state index >= 15 is 0 Å². The van der Waals surface area contributed by atoms with Crippen LogP contribution < -0.4 is 0 Å². The van der Waals surface area contributed by atoms with Crippen molar-refractivity contribution in [2.45, 2.75) is 45.1 Å². The van der Waals surface area contributed by atoms with Crippen LogP contribution >= 0.6 is 0 Å². The van der Waals surface area contributed by atoms with Crippen molar-refractivity contribution in [3.8, 4) is 0 Å². The molecule has 2 nitrogen and oxygen atoms in total. The van der Waals surface area contributed by atoms with Crippen molar-refractivity contribution in [2.75, 3.05) is 0 Å². The van der Waals surface area contributed by atoms with Crippen molar-refractivity contribution >= 4 is 5.78 Å². The van der Waals surface area contributed by atoms with Gasteiger partial charge in [0.1, 0.15) is 5.60 Å². The van der Waals surface area contributed by atoms with Gasteiger partial charge in [-0.05, 0) is 45.1 Å². The molecular formula is C10H16O2. The summed E-state index contributed by atoms with van der Waals surface area (Å²) < 4.78 is 0. The van der Waals surface area contributed by atoms with Crippen LogP contribution in [-0.4, -0.2) is 16.5 Å². The summed E-state index contributed by atoms with van der Waals surface area (Å²) in [5, 5.41) is 9.80. The van der Waals surface area contributed by atoms with E-state index in [9.17, 15) is 9.90 Å². The third-order valence-electron chi connectivity index (χ3n) is 2.60. The van der Waals surface area contributed by atoms with Crippen LogP contribution in [0.5, 0.6) is 0 Å². The van der Waals surface area contributed by atoms with E-state index in [0.29, 0.717) is 0 Å². The van der Waals surface area contributed by atoms with Gasteiger partial charge in [0.05, 0.1) is 0 Å². The number of hydrogen-bond donors (Lipinski definition) is 1. The molecule has 0 amide bonds. The van der Waals surface area contributed by atoms with E-state index < -0.39 is 5.60 Å². The Morgan fingerprint density at radius 2 is 2.25 bits per heavy atom. The lowest BCUT2D eigenvalue weighted by atomic mass is 9.84. The third kappa shape index (κ3) is 1.75. The third-order valence-corrected chi connectivity index (χ3v) is 2.60. The normalized spacial score (nSPS) is 22.8. The Kier molecular flexibility index (Phi) is 2.68. The monoisotopic (exact) mass is 168 g/mol. The molecule has 0 fully saturated rings. The van der Waals surface area contributed by atoms with E-state index in [4.69, 9.17) is 0 Å². The molecular weight excluding hydrogens is 152 g/mol. The Balaban J connectivity index is 2.79. The number of aliphatic hydroxyl groups is 1. The fraction of sp³-hybridized carbons (Fsp3) is 0.700. The van der Waals surface area contributed by atoms with Crippen LogP contribution in [0.25, 0.3) is 0 Å². The van der Waals surface area contributed by atoms with Gasteiger partial charge in [-0.1, -0.05) is 6.08 Å². The van der Waals surface area contributed by atoms with Gasteiger partial charge in [-0.15, -0.1) is 0 Å². The van der Waals surface area contributed by atoms with Crippen LogP contribution in [0.3, 0.4) is 0 Å². The molecule has 0 radical (unpaired) electrons. The number of hydrogen-bond acceptors (Lipinski definition) is 2. The van der Waals surface area contributed by atoms with Gasteiger partial charge in [0.15, 0.2) is 5.78 Å². The Morgan fingerprint density at radius 1 is 1.58 bits per heavy atom. The first-order valence-corrected chi connectivity index (χ1v) is 4.48. The van der Waals surface area contributed by atoms with E-state index in [1.807, 2.05) is 6.08 Å². The molecule has 1 aliphatic carbocycles. The molecule has 0 saturated carbocycles. The van der Waals surface area contributed by atoms with Crippen molar-refractivity contribution in [1.29, 1.82) is 0 Å². The second-order valence-corrected chi connectivity index (χ2v) is 3.60. The number of carbonyl (C=O) groups is 1. The maximum atomic E-state index is 11.1. The highest BCUT2D eigenvalue weighted by atomic mass is 16.3.